The van der Waals surface area contributed by atoms with E-state index in [0.717, 1.165) is 73.9 Å². The number of piperidine rings is 1. The number of aromatic nitrogens is 2. The van der Waals surface area contributed by atoms with E-state index in [9.17, 15) is 4.79 Å². The first-order valence-corrected chi connectivity index (χ1v) is 13.5. The van der Waals surface area contributed by atoms with Crippen LogP contribution in [0.5, 0.6) is 0 Å². The van der Waals surface area contributed by atoms with E-state index in [1.165, 1.54) is 0 Å². The molecule has 0 unspecified atom stereocenters. The van der Waals surface area contributed by atoms with Crippen molar-refractivity contribution in [2.24, 2.45) is 0 Å². The molecule has 3 fully saturated rings. The van der Waals surface area contributed by atoms with Crippen molar-refractivity contribution in [3.05, 3.63) is 36.0 Å². The summed E-state index contributed by atoms with van der Waals surface area (Å²) in [5, 5.41) is 9.36. The molecule has 1 aromatic carbocycles. The third-order valence-corrected chi connectivity index (χ3v) is 8.36. The number of thioether (sulfide) groups is 1. The summed E-state index contributed by atoms with van der Waals surface area (Å²) in [6.45, 7) is 6.40. The smallest absolute Gasteiger partial charge is 0.319 e. The molecular formula is C25H34N6O2S. The Morgan fingerprint density at radius 1 is 1.21 bits per heavy atom. The standard InChI is InChI=1S/C25H34N6O2S/c1-17-16-33-14-13-31(17)22-15-21(25(34-2)9-11-26-12-10-25)29-23(30-22)18-3-5-19(6-4-18)27-24(32)28-20-7-8-20/h3-6,15,17,20,26H,7-14,16H2,1-2H3,(H2,27,28,32)/t17-/m0/s1. The summed E-state index contributed by atoms with van der Waals surface area (Å²) in [7, 11) is 0. The summed E-state index contributed by atoms with van der Waals surface area (Å²) in [4.78, 5) is 24.5. The fraction of sp³-hybridized carbons (Fsp3) is 0.560. The Bertz CT molecular complexity index is 1010. The summed E-state index contributed by atoms with van der Waals surface area (Å²) in [5.41, 5.74) is 2.81. The highest BCUT2D eigenvalue weighted by Gasteiger charge is 2.36. The Balaban J connectivity index is 1.46. The van der Waals surface area contributed by atoms with Crippen LogP contribution in [-0.4, -0.2) is 67.2 Å². The summed E-state index contributed by atoms with van der Waals surface area (Å²) < 4.78 is 5.65. The van der Waals surface area contributed by atoms with Gasteiger partial charge in [-0.2, -0.15) is 11.8 Å². The van der Waals surface area contributed by atoms with E-state index in [1.54, 1.807) is 0 Å². The van der Waals surface area contributed by atoms with Crippen LogP contribution < -0.4 is 20.9 Å². The normalized spacial score (nSPS) is 22.3. The fourth-order valence-corrected chi connectivity index (χ4v) is 5.62. The molecule has 3 aliphatic rings. The third kappa shape index (κ3) is 5.16. The number of anilines is 2. The number of nitrogens with zero attached hydrogens (tertiary/aromatic N) is 3. The number of ether oxygens (including phenoxy) is 1. The van der Waals surface area contributed by atoms with Crippen molar-refractivity contribution in [1.82, 2.24) is 20.6 Å². The second-order valence-corrected chi connectivity index (χ2v) is 10.6. The van der Waals surface area contributed by atoms with Crippen LogP contribution in [0.2, 0.25) is 0 Å². The molecule has 2 aromatic rings. The lowest BCUT2D eigenvalue weighted by molar-refractivity contribution is 0.0985. The number of carbonyl (C=O) groups is 1. The number of benzene rings is 1. The van der Waals surface area contributed by atoms with Crippen LogP contribution in [0.25, 0.3) is 11.4 Å². The maximum atomic E-state index is 12.1. The van der Waals surface area contributed by atoms with Crippen molar-refractivity contribution in [3.8, 4) is 11.4 Å². The zero-order valence-corrected chi connectivity index (χ0v) is 20.8. The molecule has 8 nitrogen and oxygen atoms in total. The first kappa shape index (κ1) is 23.4. The number of hydrogen-bond acceptors (Lipinski definition) is 7. The number of hydrogen-bond donors (Lipinski definition) is 3. The number of amides is 2. The Morgan fingerprint density at radius 2 is 1.97 bits per heavy atom. The lowest BCUT2D eigenvalue weighted by Crippen LogP contribution is -2.44. The van der Waals surface area contributed by atoms with Gasteiger partial charge in [0, 0.05) is 29.9 Å². The lowest BCUT2D eigenvalue weighted by Gasteiger charge is -2.38. The second-order valence-electron chi connectivity index (χ2n) is 9.45. The van der Waals surface area contributed by atoms with Crippen molar-refractivity contribution in [3.63, 3.8) is 0 Å². The quantitative estimate of drug-likeness (QED) is 0.580. The van der Waals surface area contributed by atoms with Crippen LogP contribution in [0.4, 0.5) is 16.3 Å². The Morgan fingerprint density at radius 3 is 2.65 bits per heavy atom. The van der Waals surface area contributed by atoms with Gasteiger partial charge in [0.15, 0.2) is 5.82 Å². The maximum Gasteiger partial charge on any atom is 0.319 e. The van der Waals surface area contributed by atoms with E-state index in [0.29, 0.717) is 19.3 Å². The van der Waals surface area contributed by atoms with Gasteiger partial charge in [0.05, 0.1) is 29.7 Å². The largest absolute Gasteiger partial charge is 0.377 e. The molecule has 34 heavy (non-hydrogen) atoms. The molecule has 1 aromatic heterocycles. The van der Waals surface area contributed by atoms with Crippen molar-refractivity contribution in [2.75, 3.05) is 49.3 Å². The van der Waals surface area contributed by atoms with Crippen LogP contribution in [0.3, 0.4) is 0 Å². The number of rotatable bonds is 6. The first-order valence-electron chi connectivity index (χ1n) is 12.2. The maximum absolute atomic E-state index is 12.1. The van der Waals surface area contributed by atoms with Crippen molar-refractivity contribution in [2.45, 2.75) is 49.4 Å². The van der Waals surface area contributed by atoms with Gasteiger partial charge >= 0.3 is 6.03 Å². The minimum absolute atomic E-state index is 0.0182. The predicted molar refractivity (Wildman–Crippen MR) is 138 cm³/mol. The molecule has 1 atom stereocenters. The monoisotopic (exact) mass is 482 g/mol. The van der Waals surface area contributed by atoms with Crippen LogP contribution >= 0.6 is 11.8 Å². The Kier molecular flexibility index (Phi) is 6.94. The second kappa shape index (κ2) is 10.1. The van der Waals surface area contributed by atoms with Gasteiger partial charge in [0.1, 0.15) is 5.82 Å². The number of nitrogens with one attached hydrogen (secondary N) is 3. The highest BCUT2D eigenvalue weighted by Crippen LogP contribution is 2.43. The van der Waals surface area contributed by atoms with E-state index in [1.807, 2.05) is 36.0 Å². The van der Waals surface area contributed by atoms with Crippen LogP contribution in [0, 0.1) is 0 Å². The van der Waals surface area contributed by atoms with Gasteiger partial charge in [-0.25, -0.2) is 14.8 Å². The topological polar surface area (TPSA) is 91.4 Å². The molecule has 1 aliphatic carbocycles. The van der Waals surface area contributed by atoms with Gasteiger partial charge in [-0.15, -0.1) is 0 Å². The molecule has 3 heterocycles. The molecule has 182 valence electrons. The Hall–Kier alpha value is -2.36. The SMILES string of the molecule is CSC1(c2cc(N3CCOC[C@@H]3C)nc(-c3ccc(NC(=O)NC4CC4)cc3)n2)CCNCC1. The van der Waals surface area contributed by atoms with Crippen molar-refractivity contribution < 1.29 is 9.53 Å². The van der Waals surface area contributed by atoms with Crippen LogP contribution in [-0.2, 0) is 9.48 Å². The van der Waals surface area contributed by atoms with Gasteiger partial charge < -0.3 is 25.6 Å². The first-order chi connectivity index (χ1) is 16.6. The average molecular weight is 483 g/mol. The van der Waals surface area contributed by atoms with Crippen molar-refractivity contribution in [1.29, 1.82) is 0 Å². The zero-order chi connectivity index (χ0) is 23.5. The molecule has 2 amide bonds. The molecule has 1 saturated carbocycles. The Labute approximate surface area is 205 Å². The minimum atomic E-state index is -0.148. The van der Waals surface area contributed by atoms with E-state index >= 15 is 0 Å². The summed E-state index contributed by atoms with van der Waals surface area (Å²) >= 11 is 1.90. The highest BCUT2D eigenvalue weighted by atomic mass is 32.2. The molecule has 9 heteroatoms. The zero-order valence-electron chi connectivity index (χ0n) is 20.0. The van der Waals surface area contributed by atoms with Gasteiger partial charge in [-0.05, 0) is 76.2 Å². The summed E-state index contributed by atoms with van der Waals surface area (Å²) in [5.74, 6) is 1.70. The molecule has 3 N–H and O–H groups in total. The van der Waals surface area contributed by atoms with Crippen LogP contribution in [0.1, 0.15) is 38.3 Å². The van der Waals surface area contributed by atoms with E-state index in [-0.39, 0.29) is 16.8 Å². The number of carbonyl (C=O) groups excluding carboxylic acids is 1. The third-order valence-electron chi connectivity index (χ3n) is 6.96. The van der Waals surface area contributed by atoms with E-state index in [4.69, 9.17) is 14.7 Å². The van der Waals surface area contributed by atoms with Gasteiger partial charge in [-0.3, -0.25) is 0 Å². The molecule has 2 saturated heterocycles. The van der Waals surface area contributed by atoms with Crippen LogP contribution in [0.15, 0.2) is 30.3 Å². The molecule has 0 spiro atoms. The number of urea groups is 1. The predicted octanol–water partition coefficient (Wildman–Crippen LogP) is 3.59. The average Bonchev–Trinajstić information content (AvgIpc) is 3.69. The lowest BCUT2D eigenvalue weighted by atomic mass is 9.92. The summed E-state index contributed by atoms with van der Waals surface area (Å²) in [6, 6.07) is 10.5. The van der Waals surface area contributed by atoms with E-state index < -0.39 is 0 Å². The molecule has 0 radical (unpaired) electrons. The molecule has 2 aliphatic heterocycles. The minimum Gasteiger partial charge on any atom is -0.377 e. The fourth-order valence-electron chi connectivity index (χ4n) is 4.69. The van der Waals surface area contributed by atoms with Gasteiger partial charge in [0.2, 0.25) is 0 Å². The highest BCUT2D eigenvalue weighted by molar-refractivity contribution is 7.99. The molecule has 5 rings (SSSR count). The van der Waals surface area contributed by atoms with Crippen molar-refractivity contribution >= 4 is 29.3 Å². The molecular weight excluding hydrogens is 448 g/mol. The van der Waals surface area contributed by atoms with Gasteiger partial charge in [0.25, 0.3) is 0 Å². The number of morpholine rings is 1. The van der Waals surface area contributed by atoms with E-state index in [2.05, 4.69) is 40.1 Å². The summed E-state index contributed by atoms with van der Waals surface area (Å²) in [6.07, 6.45) is 6.41. The van der Waals surface area contributed by atoms with Gasteiger partial charge in [-0.1, -0.05) is 0 Å². The molecule has 0 bridgehead atoms.